The monoisotopic (exact) mass is 392 g/mol. The SMILES string of the molecule is COC(=O)c1ccc(COc2ccccc2/C=N\Nc2nc(C)cc(=O)[nH]2)cc1. The number of nitrogens with one attached hydrogen (secondary N) is 2. The number of aromatic nitrogens is 2. The fourth-order valence-electron chi connectivity index (χ4n) is 2.53. The normalized spacial score (nSPS) is 10.7. The molecule has 148 valence electrons. The lowest BCUT2D eigenvalue weighted by molar-refractivity contribution is 0.0600. The van der Waals surface area contributed by atoms with E-state index in [9.17, 15) is 9.59 Å². The molecule has 1 heterocycles. The second kappa shape index (κ2) is 9.32. The van der Waals surface area contributed by atoms with Gasteiger partial charge in [0.15, 0.2) is 0 Å². The van der Waals surface area contributed by atoms with Crippen LogP contribution in [0.2, 0.25) is 0 Å². The molecule has 0 bridgehead atoms. The van der Waals surface area contributed by atoms with E-state index >= 15 is 0 Å². The first-order chi connectivity index (χ1) is 14.0. The van der Waals surface area contributed by atoms with Crippen LogP contribution in [-0.4, -0.2) is 29.3 Å². The van der Waals surface area contributed by atoms with Gasteiger partial charge in [-0.05, 0) is 36.8 Å². The molecule has 0 aliphatic rings. The number of nitrogens with zero attached hydrogens (tertiary/aromatic N) is 2. The Bertz CT molecular complexity index is 1070. The van der Waals surface area contributed by atoms with E-state index in [-0.39, 0.29) is 17.5 Å². The molecule has 3 rings (SSSR count). The number of ether oxygens (including phenoxy) is 2. The highest BCUT2D eigenvalue weighted by atomic mass is 16.5. The first-order valence-corrected chi connectivity index (χ1v) is 8.81. The second-order valence-electron chi connectivity index (χ2n) is 6.12. The molecular weight excluding hydrogens is 372 g/mol. The molecule has 2 N–H and O–H groups in total. The number of para-hydroxylation sites is 1. The van der Waals surface area contributed by atoms with Crippen LogP contribution in [0.1, 0.15) is 27.2 Å². The van der Waals surface area contributed by atoms with E-state index in [1.165, 1.54) is 13.2 Å². The molecular formula is C21H20N4O4. The molecule has 3 aromatic rings. The molecule has 8 nitrogen and oxygen atoms in total. The van der Waals surface area contributed by atoms with Gasteiger partial charge >= 0.3 is 5.97 Å². The van der Waals surface area contributed by atoms with Crippen LogP contribution in [0.15, 0.2) is 64.5 Å². The number of aromatic amines is 1. The number of hydrogen-bond acceptors (Lipinski definition) is 7. The van der Waals surface area contributed by atoms with Crippen molar-refractivity contribution >= 4 is 18.1 Å². The Balaban J connectivity index is 1.65. The Morgan fingerprint density at radius 2 is 1.97 bits per heavy atom. The molecule has 29 heavy (non-hydrogen) atoms. The molecule has 0 atom stereocenters. The third-order valence-electron chi connectivity index (χ3n) is 3.93. The number of aryl methyl sites for hydroxylation is 1. The minimum atomic E-state index is -0.379. The van der Waals surface area contributed by atoms with Crippen molar-refractivity contribution in [3.63, 3.8) is 0 Å². The van der Waals surface area contributed by atoms with Gasteiger partial charge in [0.05, 0.1) is 18.9 Å². The number of esters is 1. The van der Waals surface area contributed by atoms with Gasteiger partial charge in [0.2, 0.25) is 5.95 Å². The molecule has 0 amide bonds. The van der Waals surface area contributed by atoms with E-state index < -0.39 is 0 Å². The molecule has 0 unspecified atom stereocenters. The minimum absolute atomic E-state index is 0.253. The molecule has 0 radical (unpaired) electrons. The summed E-state index contributed by atoms with van der Waals surface area (Å²) < 4.78 is 10.6. The first kappa shape index (κ1) is 19.8. The summed E-state index contributed by atoms with van der Waals surface area (Å²) in [5.41, 5.74) is 5.18. The van der Waals surface area contributed by atoms with Crippen molar-refractivity contribution in [2.75, 3.05) is 12.5 Å². The maximum Gasteiger partial charge on any atom is 0.337 e. The van der Waals surface area contributed by atoms with Crippen molar-refractivity contribution in [3.05, 3.63) is 87.3 Å². The van der Waals surface area contributed by atoms with Crippen LogP contribution in [0.4, 0.5) is 5.95 Å². The van der Waals surface area contributed by atoms with Gasteiger partial charge < -0.3 is 9.47 Å². The Morgan fingerprint density at radius 3 is 2.69 bits per heavy atom. The van der Waals surface area contributed by atoms with Crippen molar-refractivity contribution in [3.8, 4) is 5.75 Å². The van der Waals surface area contributed by atoms with Gasteiger partial charge in [-0.1, -0.05) is 24.3 Å². The Labute approximate surface area is 167 Å². The van der Waals surface area contributed by atoms with Gasteiger partial charge in [0.25, 0.3) is 5.56 Å². The lowest BCUT2D eigenvalue weighted by Gasteiger charge is -2.09. The number of H-pyrrole nitrogens is 1. The van der Waals surface area contributed by atoms with Crippen molar-refractivity contribution in [1.82, 2.24) is 9.97 Å². The number of hydrazone groups is 1. The average Bonchev–Trinajstić information content (AvgIpc) is 2.72. The molecule has 0 aliphatic heterocycles. The number of methoxy groups -OCH3 is 1. The molecule has 1 aromatic heterocycles. The zero-order chi connectivity index (χ0) is 20.6. The summed E-state index contributed by atoms with van der Waals surface area (Å²) in [4.78, 5) is 29.7. The summed E-state index contributed by atoms with van der Waals surface area (Å²) in [5, 5.41) is 4.11. The predicted octanol–water partition coefficient (Wildman–Crippen LogP) is 2.89. The molecule has 0 saturated heterocycles. The molecule has 8 heteroatoms. The van der Waals surface area contributed by atoms with Gasteiger partial charge in [0.1, 0.15) is 12.4 Å². The molecule has 0 fully saturated rings. The van der Waals surface area contributed by atoms with Crippen LogP contribution < -0.4 is 15.7 Å². The van der Waals surface area contributed by atoms with E-state index in [1.54, 1.807) is 25.3 Å². The lowest BCUT2D eigenvalue weighted by atomic mass is 10.1. The van der Waals surface area contributed by atoms with E-state index in [0.29, 0.717) is 23.6 Å². The highest BCUT2D eigenvalue weighted by Crippen LogP contribution is 2.18. The number of anilines is 1. The summed E-state index contributed by atoms with van der Waals surface area (Å²) in [6, 6.07) is 15.8. The Morgan fingerprint density at radius 1 is 1.21 bits per heavy atom. The lowest BCUT2D eigenvalue weighted by Crippen LogP contribution is -2.10. The third-order valence-corrected chi connectivity index (χ3v) is 3.93. The maximum absolute atomic E-state index is 11.5. The molecule has 2 aromatic carbocycles. The largest absolute Gasteiger partial charge is 0.488 e. The number of rotatable bonds is 7. The second-order valence-corrected chi connectivity index (χ2v) is 6.12. The summed E-state index contributed by atoms with van der Waals surface area (Å²) in [7, 11) is 1.35. The Hall–Kier alpha value is -3.94. The van der Waals surface area contributed by atoms with E-state index in [2.05, 4.69) is 25.2 Å². The smallest absolute Gasteiger partial charge is 0.337 e. The van der Waals surface area contributed by atoms with Crippen LogP contribution in [0.3, 0.4) is 0 Å². The number of hydrogen-bond donors (Lipinski definition) is 2. The number of carbonyl (C=O) groups is 1. The highest BCUT2D eigenvalue weighted by molar-refractivity contribution is 5.89. The van der Waals surface area contributed by atoms with Gasteiger partial charge in [-0.15, -0.1) is 0 Å². The summed E-state index contributed by atoms with van der Waals surface area (Å²) in [5.74, 6) is 0.520. The van der Waals surface area contributed by atoms with Crippen LogP contribution in [0, 0.1) is 6.92 Å². The molecule has 0 aliphatic carbocycles. The van der Waals surface area contributed by atoms with Gasteiger partial charge in [0, 0.05) is 17.3 Å². The van der Waals surface area contributed by atoms with Crippen molar-refractivity contribution in [2.45, 2.75) is 13.5 Å². The average molecular weight is 392 g/mol. The third kappa shape index (κ3) is 5.52. The fraction of sp³-hybridized carbons (Fsp3) is 0.143. The predicted molar refractivity (Wildman–Crippen MR) is 109 cm³/mol. The van der Waals surface area contributed by atoms with E-state index in [1.807, 2.05) is 36.4 Å². The summed E-state index contributed by atoms with van der Waals surface area (Å²) >= 11 is 0. The quantitative estimate of drug-likeness (QED) is 0.364. The van der Waals surface area contributed by atoms with Crippen LogP contribution in [0.5, 0.6) is 5.75 Å². The minimum Gasteiger partial charge on any atom is -0.488 e. The van der Waals surface area contributed by atoms with E-state index in [4.69, 9.17) is 4.74 Å². The van der Waals surface area contributed by atoms with Gasteiger partial charge in [-0.3, -0.25) is 9.78 Å². The van der Waals surface area contributed by atoms with Crippen LogP contribution >= 0.6 is 0 Å². The highest BCUT2D eigenvalue weighted by Gasteiger charge is 2.06. The van der Waals surface area contributed by atoms with Gasteiger partial charge in [-0.25, -0.2) is 15.2 Å². The van der Waals surface area contributed by atoms with Crippen molar-refractivity contribution < 1.29 is 14.3 Å². The number of carbonyl (C=O) groups excluding carboxylic acids is 1. The standard InChI is InChI=1S/C21H20N4O4/c1-14-11-19(26)24-21(23-14)25-22-12-17-5-3-4-6-18(17)29-13-15-7-9-16(10-8-15)20(27)28-2/h3-12H,13H2,1-2H3,(H2,23,24,25,26)/b22-12-. The maximum atomic E-state index is 11.5. The zero-order valence-electron chi connectivity index (χ0n) is 16.0. The Kier molecular flexibility index (Phi) is 6.36. The van der Waals surface area contributed by atoms with E-state index in [0.717, 1.165) is 11.1 Å². The first-order valence-electron chi connectivity index (χ1n) is 8.81. The zero-order valence-corrected chi connectivity index (χ0v) is 16.0. The summed E-state index contributed by atoms with van der Waals surface area (Å²) in [6.45, 7) is 2.05. The number of benzene rings is 2. The fourth-order valence-corrected chi connectivity index (χ4v) is 2.53. The molecule has 0 saturated carbocycles. The molecule has 0 spiro atoms. The van der Waals surface area contributed by atoms with Crippen molar-refractivity contribution in [1.29, 1.82) is 0 Å². The van der Waals surface area contributed by atoms with Gasteiger partial charge in [-0.2, -0.15) is 5.10 Å². The van der Waals surface area contributed by atoms with Crippen molar-refractivity contribution in [2.24, 2.45) is 5.10 Å². The van der Waals surface area contributed by atoms with Crippen LogP contribution in [-0.2, 0) is 11.3 Å². The topological polar surface area (TPSA) is 106 Å². The van der Waals surface area contributed by atoms with Crippen LogP contribution in [0.25, 0.3) is 0 Å². The summed E-state index contributed by atoms with van der Waals surface area (Å²) in [6.07, 6.45) is 1.58.